The van der Waals surface area contributed by atoms with Crippen LogP contribution in [0.1, 0.15) is 55.2 Å². The van der Waals surface area contributed by atoms with Crippen LogP contribution in [-0.4, -0.2) is 17.4 Å². The molecule has 29 heavy (non-hydrogen) atoms. The second-order valence-corrected chi connectivity index (χ2v) is 9.53. The van der Waals surface area contributed by atoms with Gasteiger partial charge in [0.25, 0.3) is 0 Å². The maximum atomic E-state index is 14.3. The van der Waals surface area contributed by atoms with Gasteiger partial charge in [0.2, 0.25) is 0 Å². The molecule has 0 heterocycles. The highest BCUT2D eigenvalue weighted by molar-refractivity contribution is 5.40. The molecule has 2 aromatic carbocycles. The summed E-state index contributed by atoms with van der Waals surface area (Å²) in [5.74, 6) is 2.99. The summed E-state index contributed by atoms with van der Waals surface area (Å²) in [6, 6.07) is 16.8. The van der Waals surface area contributed by atoms with Gasteiger partial charge in [-0.2, -0.15) is 0 Å². The number of alkyl halides is 1. The highest BCUT2D eigenvalue weighted by Gasteiger charge is 2.50. The number of aliphatic hydroxyl groups excluding tert-OH is 1. The quantitative estimate of drug-likeness (QED) is 0.726. The number of aryl methyl sites for hydroxylation is 1. The average Bonchev–Trinajstić information content (AvgIpc) is 2.72. The van der Waals surface area contributed by atoms with E-state index in [1.807, 2.05) is 18.2 Å². The summed E-state index contributed by atoms with van der Waals surface area (Å²) in [4.78, 5) is 0. The van der Waals surface area contributed by atoms with Crippen LogP contribution in [-0.2, 0) is 13.0 Å². The van der Waals surface area contributed by atoms with Crippen LogP contribution in [0.5, 0.6) is 5.75 Å². The second-order valence-electron chi connectivity index (χ2n) is 9.53. The fourth-order valence-electron chi connectivity index (χ4n) is 6.63. The van der Waals surface area contributed by atoms with Gasteiger partial charge in [-0.05, 0) is 84.1 Å². The van der Waals surface area contributed by atoms with E-state index in [4.69, 9.17) is 4.74 Å². The average molecular weight is 395 g/mol. The van der Waals surface area contributed by atoms with Gasteiger partial charge < -0.3 is 9.84 Å². The summed E-state index contributed by atoms with van der Waals surface area (Å²) in [7, 11) is 0. The first kappa shape index (κ1) is 19.1. The molecule has 2 nitrogen and oxygen atoms in total. The molecule has 2 saturated carbocycles. The number of benzene rings is 2. The number of ether oxygens (including phenoxy) is 1. The number of hydrogen-bond acceptors (Lipinski definition) is 2. The second kappa shape index (κ2) is 7.75. The van der Waals surface area contributed by atoms with Gasteiger partial charge in [-0.1, -0.05) is 43.3 Å². The maximum absolute atomic E-state index is 14.3. The SMILES string of the molecule is C[C@@H]1C[C@@H]2c3ccc(OCc4ccccc4)cc3CC[C@H]2[C@@H]2C[C@H](F)C[C@H](O)C12. The molecule has 0 bridgehead atoms. The van der Waals surface area contributed by atoms with Gasteiger partial charge in [0.15, 0.2) is 0 Å². The molecule has 0 aromatic heterocycles. The van der Waals surface area contributed by atoms with E-state index in [2.05, 4.69) is 37.3 Å². The first-order chi connectivity index (χ1) is 14.1. The van der Waals surface area contributed by atoms with Crippen molar-refractivity contribution in [1.82, 2.24) is 0 Å². The Kier molecular flexibility index (Phi) is 5.11. The Morgan fingerprint density at radius 2 is 1.86 bits per heavy atom. The molecular formula is C26H31FO2. The Bertz CT molecular complexity index is 851. The minimum Gasteiger partial charge on any atom is -0.489 e. The Morgan fingerprint density at radius 1 is 1.03 bits per heavy atom. The van der Waals surface area contributed by atoms with Crippen molar-refractivity contribution in [3.8, 4) is 5.75 Å². The maximum Gasteiger partial charge on any atom is 0.120 e. The van der Waals surface area contributed by atoms with E-state index in [1.165, 1.54) is 16.7 Å². The third-order valence-corrected chi connectivity index (χ3v) is 7.82. The van der Waals surface area contributed by atoms with Crippen molar-refractivity contribution in [3.05, 3.63) is 65.2 Å². The highest BCUT2D eigenvalue weighted by atomic mass is 19.1. The summed E-state index contributed by atoms with van der Waals surface area (Å²) >= 11 is 0. The Hall–Kier alpha value is -1.87. The molecular weight excluding hydrogens is 363 g/mol. The molecule has 0 spiro atoms. The topological polar surface area (TPSA) is 29.5 Å². The van der Waals surface area contributed by atoms with Gasteiger partial charge in [0, 0.05) is 6.42 Å². The molecule has 0 amide bonds. The summed E-state index contributed by atoms with van der Waals surface area (Å²) in [5, 5.41) is 10.6. The number of hydrogen-bond donors (Lipinski definition) is 1. The van der Waals surface area contributed by atoms with Crippen LogP contribution in [0.2, 0.25) is 0 Å². The van der Waals surface area contributed by atoms with Crippen LogP contribution in [0, 0.1) is 23.7 Å². The Balaban J connectivity index is 1.36. The van der Waals surface area contributed by atoms with Gasteiger partial charge in [-0.15, -0.1) is 0 Å². The molecule has 0 radical (unpaired) electrons. The molecule has 3 heteroatoms. The predicted octanol–water partition coefficient (Wildman–Crippen LogP) is 5.68. The van der Waals surface area contributed by atoms with E-state index >= 15 is 0 Å². The molecule has 3 aliphatic rings. The van der Waals surface area contributed by atoms with E-state index in [9.17, 15) is 9.50 Å². The van der Waals surface area contributed by atoms with Gasteiger partial charge >= 0.3 is 0 Å². The minimum atomic E-state index is -0.840. The lowest BCUT2D eigenvalue weighted by Crippen LogP contribution is -2.49. The van der Waals surface area contributed by atoms with E-state index in [0.29, 0.717) is 43.1 Å². The zero-order chi connectivity index (χ0) is 20.0. The smallest absolute Gasteiger partial charge is 0.120 e. The van der Waals surface area contributed by atoms with Gasteiger partial charge in [0.1, 0.15) is 18.5 Å². The first-order valence-corrected chi connectivity index (χ1v) is 11.2. The number of aliphatic hydroxyl groups is 1. The molecule has 3 aliphatic carbocycles. The molecule has 2 fully saturated rings. The predicted molar refractivity (Wildman–Crippen MR) is 113 cm³/mol. The minimum absolute atomic E-state index is 0.276. The summed E-state index contributed by atoms with van der Waals surface area (Å²) < 4.78 is 20.3. The highest BCUT2D eigenvalue weighted by Crippen LogP contribution is 2.56. The van der Waals surface area contributed by atoms with Crippen LogP contribution in [0.15, 0.2) is 48.5 Å². The lowest BCUT2D eigenvalue weighted by Gasteiger charge is -2.53. The van der Waals surface area contributed by atoms with E-state index in [1.54, 1.807) is 0 Å². The number of rotatable bonds is 3. The third kappa shape index (κ3) is 3.59. The van der Waals surface area contributed by atoms with Crippen molar-refractivity contribution >= 4 is 0 Å². The van der Waals surface area contributed by atoms with Crippen molar-refractivity contribution in [2.24, 2.45) is 23.7 Å². The van der Waals surface area contributed by atoms with Crippen LogP contribution >= 0.6 is 0 Å². The van der Waals surface area contributed by atoms with Crippen molar-refractivity contribution in [2.75, 3.05) is 0 Å². The van der Waals surface area contributed by atoms with Crippen molar-refractivity contribution in [3.63, 3.8) is 0 Å². The van der Waals surface area contributed by atoms with Crippen molar-refractivity contribution < 1.29 is 14.2 Å². The molecule has 154 valence electrons. The Morgan fingerprint density at radius 3 is 2.69 bits per heavy atom. The zero-order valence-electron chi connectivity index (χ0n) is 17.1. The zero-order valence-corrected chi connectivity index (χ0v) is 17.1. The lowest BCUT2D eigenvalue weighted by molar-refractivity contribution is -0.0791. The van der Waals surface area contributed by atoms with Crippen LogP contribution < -0.4 is 4.74 Å². The molecule has 0 aliphatic heterocycles. The van der Waals surface area contributed by atoms with Crippen molar-refractivity contribution in [1.29, 1.82) is 0 Å². The van der Waals surface area contributed by atoms with Crippen molar-refractivity contribution in [2.45, 2.75) is 63.8 Å². The first-order valence-electron chi connectivity index (χ1n) is 11.2. The van der Waals surface area contributed by atoms with Crippen LogP contribution in [0.4, 0.5) is 4.39 Å². The lowest BCUT2D eigenvalue weighted by atomic mass is 9.53. The molecule has 7 atom stereocenters. The van der Waals surface area contributed by atoms with E-state index in [0.717, 1.165) is 25.0 Å². The molecule has 0 saturated heterocycles. The fraction of sp³-hybridized carbons (Fsp3) is 0.538. The molecule has 5 rings (SSSR count). The normalized spacial score (nSPS) is 35.9. The van der Waals surface area contributed by atoms with Crippen LogP contribution in [0.25, 0.3) is 0 Å². The van der Waals surface area contributed by atoms with Gasteiger partial charge in [0.05, 0.1) is 6.10 Å². The monoisotopic (exact) mass is 394 g/mol. The summed E-state index contributed by atoms with van der Waals surface area (Å²) in [6.45, 7) is 2.85. The molecule has 2 aromatic rings. The number of fused-ring (bicyclic) bond motifs is 5. The van der Waals surface area contributed by atoms with E-state index in [-0.39, 0.29) is 5.92 Å². The molecule has 1 unspecified atom stereocenters. The molecule has 1 N–H and O–H groups in total. The largest absolute Gasteiger partial charge is 0.489 e. The fourth-order valence-corrected chi connectivity index (χ4v) is 6.63. The van der Waals surface area contributed by atoms with Crippen LogP contribution in [0.3, 0.4) is 0 Å². The van der Waals surface area contributed by atoms with Gasteiger partial charge in [-0.25, -0.2) is 4.39 Å². The number of halogens is 1. The van der Waals surface area contributed by atoms with Gasteiger partial charge in [-0.3, -0.25) is 0 Å². The standard InChI is InChI=1S/C26H31FO2/c1-16-11-23-21-10-8-20(29-15-17-5-3-2-4-6-17)12-18(21)7-9-22(23)24-13-19(27)14-25(28)26(16)24/h2-6,8,10,12,16,19,22-26,28H,7,9,11,13-15H2,1H3/t16-,19+,22-,23-,24+,25+,26?/m1/s1. The Labute approximate surface area is 173 Å². The summed E-state index contributed by atoms with van der Waals surface area (Å²) in [6.07, 6.45) is 2.92. The van der Waals surface area contributed by atoms with E-state index < -0.39 is 12.3 Å². The summed E-state index contributed by atoms with van der Waals surface area (Å²) in [5.41, 5.74) is 4.01. The third-order valence-electron chi connectivity index (χ3n) is 7.82.